The van der Waals surface area contributed by atoms with Gasteiger partial charge in [0, 0.05) is 27.0 Å². The Bertz CT molecular complexity index is 673. The van der Waals surface area contributed by atoms with Crippen molar-refractivity contribution in [3.05, 3.63) is 22.3 Å². The summed E-state index contributed by atoms with van der Waals surface area (Å²) in [5, 5.41) is 3.93. The van der Waals surface area contributed by atoms with Crippen molar-refractivity contribution in [3.63, 3.8) is 0 Å². The number of carbonyl (C=O) groups excluding carboxylic acids is 1. The minimum atomic E-state index is -0.233. The maximum absolute atomic E-state index is 12.4. The number of nitrogen functional groups attached to an aromatic ring is 1. The minimum Gasteiger partial charge on any atom is -0.397 e. The number of pyridine rings is 1. The van der Waals surface area contributed by atoms with E-state index in [0.29, 0.717) is 10.6 Å². The van der Waals surface area contributed by atoms with Crippen LogP contribution in [0.15, 0.2) is 6.07 Å². The minimum absolute atomic E-state index is 0.104. The van der Waals surface area contributed by atoms with Crippen LogP contribution in [0, 0.1) is 13.8 Å². The molecule has 0 atom stereocenters. The van der Waals surface area contributed by atoms with E-state index < -0.39 is 0 Å². The zero-order valence-electron chi connectivity index (χ0n) is 12.6. The van der Waals surface area contributed by atoms with E-state index in [-0.39, 0.29) is 11.4 Å². The number of aryl methyl sites for hydroxylation is 2. The molecule has 2 heterocycles. The van der Waals surface area contributed by atoms with Gasteiger partial charge in [-0.05, 0) is 40.2 Å². The molecule has 2 rings (SSSR count). The molecular formula is C15H21N3OS. The fraction of sp³-hybridized carbons (Fsp3) is 0.467. The van der Waals surface area contributed by atoms with Crippen molar-refractivity contribution in [2.45, 2.75) is 46.6 Å². The van der Waals surface area contributed by atoms with Gasteiger partial charge in [0.25, 0.3) is 5.91 Å². The molecule has 108 valence electrons. The summed E-state index contributed by atoms with van der Waals surface area (Å²) in [6.07, 6.45) is 0.864. The highest BCUT2D eigenvalue weighted by Crippen LogP contribution is 2.35. The molecule has 0 radical (unpaired) electrons. The number of aromatic nitrogens is 1. The molecule has 0 unspecified atom stereocenters. The number of fused-ring (bicyclic) bond motifs is 1. The van der Waals surface area contributed by atoms with Gasteiger partial charge in [0.1, 0.15) is 4.88 Å². The Hall–Kier alpha value is -1.62. The first kappa shape index (κ1) is 14.8. The molecule has 0 aromatic carbocycles. The van der Waals surface area contributed by atoms with Crippen molar-refractivity contribution < 1.29 is 4.79 Å². The van der Waals surface area contributed by atoms with Crippen LogP contribution in [0.5, 0.6) is 0 Å². The van der Waals surface area contributed by atoms with Gasteiger partial charge < -0.3 is 11.1 Å². The maximum atomic E-state index is 12.4. The predicted octanol–water partition coefficient (Wildman–Crippen LogP) is 3.41. The van der Waals surface area contributed by atoms with Crippen LogP contribution in [0.25, 0.3) is 10.1 Å². The smallest absolute Gasteiger partial charge is 0.263 e. The second-order valence-corrected chi connectivity index (χ2v) is 6.81. The van der Waals surface area contributed by atoms with E-state index in [1.54, 1.807) is 0 Å². The first-order chi connectivity index (χ1) is 9.25. The molecule has 0 spiro atoms. The van der Waals surface area contributed by atoms with Crippen LogP contribution in [-0.4, -0.2) is 16.4 Å². The lowest BCUT2D eigenvalue weighted by Gasteiger charge is -2.24. The summed E-state index contributed by atoms with van der Waals surface area (Å²) in [5.41, 5.74) is 8.29. The van der Waals surface area contributed by atoms with Crippen LogP contribution in [0.2, 0.25) is 0 Å². The van der Waals surface area contributed by atoms with Gasteiger partial charge >= 0.3 is 0 Å². The molecule has 4 nitrogen and oxygen atoms in total. The Morgan fingerprint density at radius 1 is 1.45 bits per heavy atom. The average molecular weight is 291 g/mol. The Balaban J connectivity index is 2.48. The molecule has 1 amide bonds. The highest BCUT2D eigenvalue weighted by atomic mass is 32.1. The van der Waals surface area contributed by atoms with Gasteiger partial charge in [-0.3, -0.25) is 9.78 Å². The first-order valence-corrected chi connectivity index (χ1v) is 7.55. The summed E-state index contributed by atoms with van der Waals surface area (Å²) >= 11 is 1.43. The first-order valence-electron chi connectivity index (χ1n) is 6.74. The Labute approximate surface area is 123 Å². The number of carbonyl (C=O) groups is 1. The Morgan fingerprint density at radius 3 is 2.70 bits per heavy atom. The molecule has 0 aliphatic carbocycles. The normalized spacial score (nSPS) is 11.8. The van der Waals surface area contributed by atoms with E-state index in [9.17, 15) is 4.79 Å². The highest BCUT2D eigenvalue weighted by Gasteiger charge is 2.23. The van der Waals surface area contributed by atoms with Gasteiger partial charge in [0.05, 0.1) is 5.69 Å². The number of hydrogen-bond donors (Lipinski definition) is 2. The molecule has 0 saturated carbocycles. The summed E-state index contributed by atoms with van der Waals surface area (Å²) < 4.78 is 1.02. The monoisotopic (exact) mass is 291 g/mol. The van der Waals surface area contributed by atoms with E-state index >= 15 is 0 Å². The molecule has 2 aromatic rings. The summed E-state index contributed by atoms with van der Waals surface area (Å²) in [6, 6.07) is 1.98. The lowest BCUT2D eigenvalue weighted by atomic mass is 10.0. The van der Waals surface area contributed by atoms with Gasteiger partial charge in [0.15, 0.2) is 0 Å². The second-order valence-electron chi connectivity index (χ2n) is 5.76. The quantitative estimate of drug-likeness (QED) is 0.910. The number of nitrogens with two attached hydrogens (primary N) is 1. The van der Waals surface area contributed by atoms with Crippen LogP contribution >= 0.6 is 11.3 Å². The van der Waals surface area contributed by atoms with Gasteiger partial charge in [-0.2, -0.15) is 0 Å². The molecule has 0 aliphatic rings. The molecule has 20 heavy (non-hydrogen) atoms. The molecule has 0 bridgehead atoms. The van der Waals surface area contributed by atoms with Gasteiger partial charge in [-0.25, -0.2) is 0 Å². The topological polar surface area (TPSA) is 68.0 Å². The van der Waals surface area contributed by atoms with Crippen molar-refractivity contribution in [2.75, 3.05) is 5.73 Å². The number of thiophene rings is 1. The molecule has 0 saturated heterocycles. The van der Waals surface area contributed by atoms with Crippen LogP contribution in [0.3, 0.4) is 0 Å². The third kappa shape index (κ3) is 2.63. The van der Waals surface area contributed by atoms with Crippen molar-refractivity contribution >= 4 is 33.0 Å². The molecule has 5 heteroatoms. The van der Waals surface area contributed by atoms with E-state index in [1.165, 1.54) is 11.3 Å². The van der Waals surface area contributed by atoms with Crippen molar-refractivity contribution in [1.82, 2.24) is 10.3 Å². The number of nitrogens with one attached hydrogen (secondary N) is 1. The third-order valence-corrected chi connectivity index (χ3v) is 4.71. The van der Waals surface area contributed by atoms with Gasteiger partial charge in [-0.15, -0.1) is 11.3 Å². The van der Waals surface area contributed by atoms with E-state index in [4.69, 9.17) is 5.73 Å². The van der Waals surface area contributed by atoms with Crippen LogP contribution in [0.4, 0.5) is 5.69 Å². The number of nitrogens with zero attached hydrogens (tertiary/aromatic N) is 1. The second kappa shape index (κ2) is 5.05. The van der Waals surface area contributed by atoms with Crippen LogP contribution in [-0.2, 0) is 0 Å². The summed E-state index contributed by atoms with van der Waals surface area (Å²) in [5.74, 6) is -0.104. The zero-order valence-corrected chi connectivity index (χ0v) is 13.4. The average Bonchev–Trinajstić information content (AvgIpc) is 2.66. The number of anilines is 1. The van der Waals surface area contributed by atoms with Crippen LogP contribution < -0.4 is 11.1 Å². The SMILES string of the molecule is CCC(C)(C)NC(=O)c1sc2cc(C)nc(C)c2c1N. The molecule has 2 aromatic heterocycles. The number of amides is 1. The van der Waals surface area contributed by atoms with E-state index in [1.807, 2.05) is 40.7 Å². The van der Waals surface area contributed by atoms with Gasteiger partial charge in [0.2, 0.25) is 0 Å². The Kier molecular flexibility index (Phi) is 3.73. The van der Waals surface area contributed by atoms with Gasteiger partial charge in [-0.1, -0.05) is 6.92 Å². The standard InChI is InChI=1S/C15H21N3OS/c1-6-15(4,5)18-14(19)13-12(16)11-9(3)17-8(2)7-10(11)20-13/h7H,6,16H2,1-5H3,(H,18,19). The largest absolute Gasteiger partial charge is 0.397 e. The summed E-state index contributed by atoms with van der Waals surface area (Å²) in [4.78, 5) is 17.4. The Morgan fingerprint density at radius 2 is 2.10 bits per heavy atom. The number of rotatable bonds is 3. The fourth-order valence-corrected chi connectivity index (χ4v) is 3.27. The fourth-order valence-electron chi connectivity index (χ4n) is 2.10. The van der Waals surface area contributed by atoms with E-state index in [2.05, 4.69) is 10.3 Å². The molecule has 3 N–H and O–H groups in total. The zero-order chi connectivity index (χ0) is 15.1. The highest BCUT2D eigenvalue weighted by molar-refractivity contribution is 7.21. The summed E-state index contributed by atoms with van der Waals surface area (Å²) in [7, 11) is 0. The molecular weight excluding hydrogens is 270 g/mol. The number of hydrogen-bond acceptors (Lipinski definition) is 4. The van der Waals surface area contributed by atoms with Crippen LogP contribution in [0.1, 0.15) is 48.3 Å². The third-order valence-electron chi connectivity index (χ3n) is 3.56. The molecule has 0 fully saturated rings. The predicted molar refractivity (Wildman–Crippen MR) is 85.3 cm³/mol. The van der Waals surface area contributed by atoms with Crippen molar-refractivity contribution in [1.29, 1.82) is 0 Å². The van der Waals surface area contributed by atoms with Crippen molar-refractivity contribution in [2.24, 2.45) is 0 Å². The van der Waals surface area contributed by atoms with Crippen molar-refractivity contribution in [3.8, 4) is 0 Å². The lowest BCUT2D eigenvalue weighted by molar-refractivity contribution is 0.0916. The van der Waals surface area contributed by atoms with E-state index in [0.717, 1.165) is 27.9 Å². The summed E-state index contributed by atoms with van der Waals surface area (Å²) in [6.45, 7) is 9.93. The maximum Gasteiger partial charge on any atom is 0.263 e. The lowest BCUT2D eigenvalue weighted by Crippen LogP contribution is -2.42. The molecule has 0 aliphatic heterocycles.